The summed E-state index contributed by atoms with van der Waals surface area (Å²) in [6, 6.07) is 12.2. The van der Waals surface area contributed by atoms with Crippen LogP contribution >= 0.6 is 15.9 Å². The summed E-state index contributed by atoms with van der Waals surface area (Å²) in [6.45, 7) is 1.23. The number of nitrogens with zero attached hydrogens (tertiary/aromatic N) is 4. The number of pyridine rings is 1. The second-order valence-corrected chi connectivity index (χ2v) is 9.72. The Labute approximate surface area is 195 Å². The van der Waals surface area contributed by atoms with Gasteiger partial charge in [0.15, 0.2) is 5.79 Å². The van der Waals surface area contributed by atoms with Gasteiger partial charge in [-0.1, -0.05) is 22.0 Å². The Morgan fingerprint density at radius 3 is 2.62 bits per heavy atom. The van der Waals surface area contributed by atoms with Gasteiger partial charge >= 0.3 is 0 Å². The van der Waals surface area contributed by atoms with Crippen LogP contribution in [-0.2, 0) is 22.3 Å². The van der Waals surface area contributed by atoms with E-state index in [1.54, 1.807) is 6.20 Å². The Morgan fingerprint density at radius 2 is 1.84 bits per heavy atom. The lowest BCUT2D eigenvalue weighted by atomic mass is 9.86. The predicted octanol–water partition coefficient (Wildman–Crippen LogP) is 4.37. The van der Waals surface area contributed by atoms with E-state index in [0.29, 0.717) is 37.9 Å². The number of halogens is 1. The molecule has 1 aliphatic carbocycles. The quantitative estimate of drug-likeness (QED) is 0.535. The number of rotatable bonds is 3. The molecule has 1 saturated carbocycles. The number of fused-ring (bicyclic) bond motifs is 3. The Morgan fingerprint density at radius 1 is 1.00 bits per heavy atom. The summed E-state index contributed by atoms with van der Waals surface area (Å²) in [4.78, 5) is 4.30. The van der Waals surface area contributed by atoms with E-state index in [9.17, 15) is 0 Å². The van der Waals surface area contributed by atoms with Gasteiger partial charge in [0.1, 0.15) is 17.8 Å². The van der Waals surface area contributed by atoms with Crippen LogP contribution in [0.5, 0.6) is 5.88 Å². The van der Waals surface area contributed by atoms with Crippen LogP contribution < -0.4 is 4.74 Å². The summed E-state index contributed by atoms with van der Waals surface area (Å²) in [5, 5.41) is 9.30. The first-order chi connectivity index (χ1) is 15.7. The van der Waals surface area contributed by atoms with E-state index in [4.69, 9.17) is 14.2 Å². The van der Waals surface area contributed by atoms with E-state index in [0.717, 1.165) is 47.5 Å². The van der Waals surface area contributed by atoms with E-state index in [2.05, 4.69) is 53.9 Å². The van der Waals surface area contributed by atoms with Gasteiger partial charge in [0.25, 0.3) is 0 Å². The number of ether oxygens (including phenoxy) is 3. The van der Waals surface area contributed by atoms with Gasteiger partial charge in [0, 0.05) is 29.1 Å². The van der Waals surface area contributed by atoms with Crippen LogP contribution in [0.3, 0.4) is 0 Å². The van der Waals surface area contributed by atoms with Gasteiger partial charge in [0.2, 0.25) is 5.88 Å². The number of hydrogen-bond acceptors (Lipinski definition) is 6. The average molecular weight is 497 g/mol. The maximum Gasteiger partial charge on any atom is 0.213 e. The number of aromatic nitrogens is 4. The minimum absolute atomic E-state index is 0.194. The lowest BCUT2D eigenvalue weighted by Crippen LogP contribution is -2.35. The fourth-order valence-electron chi connectivity index (χ4n) is 5.21. The van der Waals surface area contributed by atoms with Gasteiger partial charge in [-0.15, -0.1) is 10.2 Å². The largest absolute Gasteiger partial charge is 0.474 e. The highest BCUT2D eigenvalue weighted by atomic mass is 79.9. The van der Waals surface area contributed by atoms with E-state index in [1.165, 1.54) is 5.56 Å². The van der Waals surface area contributed by atoms with Crippen LogP contribution in [0.25, 0.3) is 5.69 Å². The van der Waals surface area contributed by atoms with Crippen LogP contribution in [0.4, 0.5) is 0 Å². The van der Waals surface area contributed by atoms with Crippen molar-refractivity contribution in [3.05, 3.63) is 64.3 Å². The zero-order chi connectivity index (χ0) is 21.5. The molecule has 4 heterocycles. The number of hydrogen-bond donors (Lipinski definition) is 0. The second kappa shape index (κ2) is 8.24. The van der Waals surface area contributed by atoms with E-state index >= 15 is 0 Å². The summed E-state index contributed by atoms with van der Waals surface area (Å²) in [6.07, 6.45) is 7.25. The molecule has 0 unspecified atom stereocenters. The lowest BCUT2D eigenvalue weighted by Gasteiger charge is -2.28. The fourth-order valence-corrected chi connectivity index (χ4v) is 5.62. The molecule has 8 heteroatoms. The molecule has 1 aromatic carbocycles. The normalized spacial score (nSPS) is 24.0. The van der Waals surface area contributed by atoms with E-state index < -0.39 is 5.79 Å². The van der Waals surface area contributed by atoms with Crippen molar-refractivity contribution >= 4 is 15.9 Å². The first-order valence-electron chi connectivity index (χ1n) is 11.3. The molecule has 0 atom stereocenters. The molecule has 1 saturated heterocycles. The van der Waals surface area contributed by atoms with Crippen molar-refractivity contribution in [3.63, 3.8) is 0 Å². The van der Waals surface area contributed by atoms with E-state index in [1.807, 2.05) is 18.2 Å². The molecule has 2 fully saturated rings. The zero-order valence-electron chi connectivity index (χ0n) is 17.7. The maximum absolute atomic E-state index is 6.10. The van der Waals surface area contributed by atoms with Gasteiger partial charge in [0.05, 0.1) is 25.3 Å². The summed E-state index contributed by atoms with van der Waals surface area (Å²) >= 11 is 3.63. The Kier molecular flexibility index (Phi) is 5.24. The zero-order valence-corrected chi connectivity index (χ0v) is 19.3. The van der Waals surface area contributed by atoms with Crippen molar-refractivity contribution in [2.75, 3.05) is 13.2 Å². The van der Waals surface area contributed by atoms with Crippen molar-refractivity contribution in [1.82, 2.24) is 19.7 Å². The highest BCUT2D eigenvalue weighted by molar-refractivity contribution is 9.10. The molecule has 3 aromatic rings. The van der Waals surface area contributed by atoms with Gasteiger partial charge in [-0.25, -0.2) is 4.98 Å². The molecule has 0 radical (unpaired) electrons. The van der Waals surface area contributed by atoms with Crippen molar-refractivity contribution in [2.45, 2.75) is 56.3 Å². The first-order valence-corrected chi connectivity index (χ1v) is 12.1. The Hall–Kier alpha value is -2.29. The Balaban J connectivity index is 1.28. The Bertz CT molecular complexity index is 1110. The molecule has 32 heavy (non-hydrogen) atoms. The van der Waals surface area contributed by atoms with Crippen LogP contribution in [0.2, 0.25) is 0 Å². The van der Waals surface area contributed by atoms with Crippen molar-refractivity contribution < 1.29 is 14.2 Å². The molecule has 2 aliphatic heterocycles. The molecular formula is C24H25BrN4O3. The SMILES string of the molecule is Brc1ccc2c(c1)CC1(Cc3nnc(C4CCC(Oc5ccccn5)CC4)n3-2)OCCO1. The monoisotopic (exact) mass is 496 g/mol. The third-order valence-corrected chi connectivity index (χ3v) is 7.20. The third kappa shape index (κ3) is 3.74. The number of benzene rings is 1. The molecule has 0 amide bonds. The molecule has 7 nitrogen and oxygen atoms in total. The molecular weight excluding hydrogens is 472 g/mol. The average Bonchev–Trinajstić information content (AvgIpc) is 3.40. The van der Waals surface area contributed by atoms with Crippen LogP contribution in [0, 0.1) is 0 Å². The molecule has 0 N–H and O–H groups in total. The minimum atomic E-state index is -0.651. The predicted molar refractivity (Wildman–Crippen MR) is 121 cm³/mol. The third-order valence-electron chi connectivity index (χ3n) is 6.70. The van der Waals surface area contributed by atoms with Crippen LogP contribution in [0.1, 0.15) is 48.8 Å². The lowest BCUT2D eigenvalue weighted by molar-refractivity contribution is -0.155. The highest BCUT2D eigenvalue weighted by Gasteiger charge is 2.42. The van der Waals surface area contributed by atoms with Crippen molar-refractivity contribution in [1.29, 1.82) is 0 Å². The summed E-state index contributed by atoms with van der Waals surface area (Å²) < 4.78 is 21.6. The second-order valence-electron chi connectivity index (χ2n) is 8.80. The molecule has 3 aliphatic rings. The highest BCUT2D eigenvalue weighted by Crippen LogP contribution is 2.40. The van der Waals surface area contributed by atoms with Crippen molar-refractivity contribution in [2.24, 2.45) is 0 Å². The fraction of sp³-hybridized carbons (Fsp3) is 0.458. The van der Waals surface area contributed by atoms with Gasteiger partial charge in [-0.3, -0.25) is 4.57 Å². The molecule has 1 spiro atoms. The maximum atomic E-state index is 6.10. The van der Waals surface area contributed by atoms with Gasteiger partial charge < -0.3 is 14.2 Å². The standard InChI is InChI=1S/C24H25BrN4O3/c25-18-6-9-20-17(13-18)14-24(30-11-12-31-24)15-21-27-28-23(29(20)21)16-4-7-19(8-5-16)32-22-3-1-2-10-26-22/h1-3,6,9-10,13,16,19H,4-5,7-8,11-12,14-15H2. The summed E-state index contributed by atoms with van der Waals surface area (Å²) in [5.41, 5.74) is 2.32. The van der Waals surface area contributed by atoms with Crippen molar-refractivity contribution in [3.8, 4) is 11.6 Å². The molecule has 0 bridgehead atoms. The van der Waals surface area contributed by atoms with Gasteiger partial charge in [-0.2, -0.15) is 0 Å². The van der Waals surface area contributed by atoms with E-state index in [-0.39, 0.29) is 6.10 Å². The minimum Gasteiger partial charge on any atom is -0.474 e. The van der Waals surface area contributed by atoms with Crippen LogP contribution in [-0.4, -0.2) is 44.9 Å². The van der Waals surface area contributed by atoms with Crippen LogP contribution in [0.15, 0.2) is 47.1 Å². The summed E-state index contributed by atoms with van der Waals surface area (Å²) in [5.74, 6) is 2.34. The smallest absolute Gasteiger partial charge is 0.213 e. The molecule has 6 rings (SSSR count). The first kappa shape index (κ1) is 20.3. The molecule has 2 aromatic heterocycles. The molecule has 166 valence electrons. The summed E-state index contributed by atoms with van der Waals surface area (Å²) in [7, 11) is 0. The van der Waals surface area contributed by atoms with Gasteiger partial charge in [-0.05, 0) is 55.5 Å². The topological polar surface area (TPSA) is 71.3 Å².